The molecule has 0 aliphatic carbocycles. The van der Waals surface area contributed by atoms with Crippen LogP contribution in [0.15, 0.2) is 30.3 Å². The van der Waals surface area contributed by atoms with E-state index < -0.39 is 15.3 Å². The summed E-state index contributed by atoms with van der Waals surface area (Å²) >= 11 is 4.91. The molecule has 0 radical (unpaired) electrons. The van der Waals surface area contributed by atoms with E-state index in [1.165, 1.54) is 4.31 Å². The highest BCUT2D eigenvalue weighted by Gasteiger charge is 2.34. The molecular formula is C14H22N2O2S2. The van der Waals surface area contributed by atoms with Crippen molar-refractivity contribution < 1.29 is 8.42 Å². The van der Waals surface area contributed by atoms with Crippen LogP contribution in [0.25, 0.3) is 0 Å². The molecule has 0 saturated carbocycles. The predicted octanol–water partition coefficient (Wildman–Crippen LogP) is 2.29. The Labute approximate surface area is 127 Å². The normalized spacial score (nSPS) is 13.7. The van der Waals surface area contributed by atoms with Crippen molar-refractivity contribution in [1.82, 2.24) is 4.31 Å². The number of thiocarbonyl (C=S) groups is 1. The molecule has 2 N–H and O–H groups in total. The van der Waals surface area contributed by atoms with E-state index in [2.05, 4.69) is 0 Å². The highest BCUT2D eigenvalue weighted by Crippen LogP contribution is 2.19. The fourth-order valence-corrected chi connectivity index (χ4v) is 4.54. The zero-order valence-electron chi connectivity index (χ0n) is 12.1. The van der Waals surface area contributed by atoms with Gasteiger partial charge >= 0.3 is 0 Å². The highest BCUT2D eigenvalue weighted by atomic mass is 32.2. The minimum absolute atomic E-state index is 0.0335. The van der Waals surface area contributed by atoms with Crippen molar-refractivity contribution in [3.8, 4) is 0 Å². The van der Waals surface area contributed by atoms with Gasteiger partial charge in [0.2, 0.25) is 10.0 Å². The Morgan fingerprint density at radius 1 is 1.30 bits per heavy atom. The molecule has 0 aliphatic rings. The smallest absolute Gasteiger partial charge is 0.224 e. The van der Waals surface area contributed by atoms with Crippen LogP contribution in [-0.2, 0) is 16.6 Å². The van der Waals surface area contributed by atoms with Gasteiger partial charge in [-0.25, -0.2) is 8.42 Å². The monoisotopic (exact) mass is 314 g/mol. The van der Waals surface area contributed by atoms with Crippen LogP contribution < -0.4 is 5.73 Å². The molecule has 1 aromatic rings. The molecule has 1 rings (SSSR count). The molecular weight excluding hydrogens is 292 g/mol. The van der Waals surface area contributed by atoms with Crippen LogP contribution in [0, 0.1) is 0 Å². The van der Waals surface area contributed by atoms with E-state index in [0.717, 1.165) is 5.56 Å². The van der Waals surface area contributed by atoms with Crippen LogP contribution in [0.2, 0.25) is 0 Å². The fourth-order valence-electron chi connectivity index (χ4n) is 2.05. The molecule has 0 saturated heterocycles. The number of hydrogen-bond donors (Lipinski definition) is 1. The molecule has 20 heavy (non-hydrogen) atoms. The maximum Gasteiger partial charge on any atom is 0.224 e. The number of rotatable bonds is 7. The second-order valence-corrected chi connectivity index (χ2v) is 7.51. The maximum atomic E-state index is 12.7. The van der Waals surface area contributed by atoms with Crippen LogP contribution in [0.5, 0.6) is 0 Å². The summed E-state index contributed by atoms with van der Waals surface area (Å²) < 4.78 is 26.9. The summed E-state index contributed by atoms with van der Waals surface area (Å²) in [6.45, 7) is 5.82. The van der Waals surface area contributed by atoms with Crippen LogP contribution in [0.1, 0.15) is 32.8 Å². The Bertz CT molecular complexity index is 542. The third-order valence-corrected chi connectivity index (χ3v) is 6.08. The third kappa shape index (κ3) is 4.01. The van der Waals surface area contributed by atoms with Gasteiger partial charge in [0.15, 0.2) is 0 Å². The molecule has 0 bridgehead atoms. The minimum atomic E-state index is -3.54. The topological polar surface area (TPSA) is 63.4 Å². The molecule has 0 fully saturated rings. The van der Waals surface area contributed by atoms with Crippen LogP contribution >= 0.6 is 12.2 Å². The zero-order valence-corrected chi connectivity index (χ0v) is 13.7. The van der Waals surface area contributed by atoms with E-state index in [1.54, 1.807) is 6.92 Å². The van der Waals surface area contributed by atoms with E-state index >= 15 is 0 Å². The molecule has 0 amide bonds. The number of nitrogens with zero attached hydrogens (tertiary/aromatic N) is 1. The lowest BCUT2D eigenvalue weighted by molar-refractivity contribution is 0.345. The second-order valence-electron chi connectivity index (χ2n) is 4.97. The largest absolute Gasteiger partial charge is 0.392 e. The Morgan fingerprint density at radius 3 is 2.25 bits per heavy atom. The average molecular weight is 314 g/mol. The summed E-state index contributed by atoms with van der Waals surface area (Å²) in [6, 6.07) is 9.36. The first kappa shape index (κ1) is 17.1. The number of benzene rings is 1. The highest BCUT2D eigenvalue weighted by molar-refractivity contribution is 7.92. The Kier molecular flexibility index (Phi) is 6.10. The van der Waals surface area contributed by atoms with Gasteiger partial charge in [-0.05, 0) is 25.8 Å². The summed E-state index contributed by atoms with van der Waals surface area (Å²) in [5.74, 6) is 0. The fraction of sp³-hybridized carbons (Fsp3) is 0.500. The summed E-state index contributed by atoms with van der Waals surface area (Å²) in [5, 5.41) is -0.802. The van der Waals surface area contributed by atoms with Crippen LogP contribution in [0.3, 0.4) is 0 Å². The van der Waals surface area contributed by atoms with Crippen molar-refractivity contribution >= 4 is 27.2 Å². The summed E-state index contributed by atoms with van der Waals surface area (Å²) in [6.07, 6.45) is 0.385. The molecule has 1 unspecified atom stereocenters. The van der Waals surface area contributed by atoms with Crippen molar-refractivity contribution in [2.24, 2.45) is 5.73 Å². The van der Waals surface area contributed by atoms with E-state index in [4.69, 9.17) is 18.0 Å². The quantitative estimate of drug-likeness (QED) is 0.784. The predicted molar refractivity (Wildman–Crippen MR) is 86.9 cm³/mol. The Hall–Kier alpha value is -0.980. The molecule has 0 aliphatic heterocycles. The van der Waals surface area contributed by atoms with Crippen molar-refractivity contribution in [2.75, 3.05) is 0 Å². The van der Waals surface area contributed by atoms with Gasteiger partial charge in [0.25, 0.3) is 0 Å². The molecule has 1 aromatic carbocycles. The molecule has 6 heteroatoms. The first-order valence-corrected chi connectivity index (χ1v) is 8.55. The first-order valence-electron chi connectivity index (χ1n) is 6.64. The Balaban J connectivity index is 3.10. The van der Waals surface area contributed by atoms with Gasteiger partial charge < -0.3 is 5.73 Å². The number of nitrogens with two attached hydrogens (primary N) is 1. The van der Waals surface area contributed by atoms with Gasteiger partial charge in [0.1, 0.15) is 5.25 Å². The molecule has 4 nitrogen and oxygen atoms in total. The summed E-state index contributed by atoms with van der Waals surface area (Å²) in [4.78, 5) is 0.0335. The number of hydrogen-bond acceptors (Lipinski definition) is 3. The lowest BCUT2D eigenvalue weighted by Crippen LogP contribution is -2.46. The van der Waals surface area contributed by atoms with Crippen molar-refractivity contribution in [2.45, 2.75) is 45.0 Å². The van der Waals surface area contributed by atoms with Crippen molar-refractivity contribution in [3.63, 3.8) is 0 Å². The van der Waals surface area contributed by atoms with Crippen molar-refractivity contribution in [1.29, 1.82) is 0 Å². The van der Waals surface area contributed by atoms with Crippen LogP contribution in [-0.4, -0.2) is 29.0 Å². The first-order chi connectivity index (χ1) is 9.30. The van der Waals surface area contributed by atoms with Gasteiger partial charge in [-0.3, -0.25) is 0 Å². The van der Waals surface area contributed by atoms with Gasteiger partial charge in [0.05, 0.1) is 4.99 Å². The molecule has 1 atom stereocenters. The van der Waals surface area contributed by atoms with E-state index in [9.17, 15) is 8.42 Å². The summed E-state index contributed by atoms with van der Waals surface area (Å²) in [7, 11) is -3.54. The van der Waals surface area contributed by atoms with Crippen LogP contribution in [0.4, 0.5) is 0 Å². The zero-order chi connectivity index (χ0) is 15.3. The van der Waals surface area contributed by atoms with E-state index in [-0.39, 0.29) is 11.0 Å². The van der Waals surface area contributed by atoms with E-state index in [1.807, 2.05) is 44.2 Å². The molecule has 0 aromatic heterocycles. The third-order valence-electron chi connectivity index (χ3n) is 3.13. The van der Waals surface area contributed by atoms with E-state index in [0.29, 0.717) is 13.0 Å². The van der Waals surface area contributed by atoms with Gasteiger partial charge in [-0.1, -0.05) is 49.5 Å². The SMILES string of the molecule is CCC(C(N)=S)S(=O)(=O)N(Cc1ccccc1)C(C)C. The average Bonchev–Trinajstić information content (AvgIpc) is 2.36. The van der Waals surface area contributed by atoms with Crippen molar-refractivity contribution in [3.05, 3.63) is 35.9 Å². The number of sulfonamides is 1. The second kappa shape index (κ2) is 7.15. The maximum absolute atomic E-state index is 12.7. The Morgan fingerprint density at radius 2 is 1.85 bits per heavy atom. The van der Waals surface area contributed by atoms with Gasteiger partial charge in [0, 0.05) is 12.6 Å². The van der Waals surface area contributed by atoms with Gasteiger partial charge in [-0.15, -0.1) is 0 Å². The molecule has 0 heterocycles. The lowest BCUT2D eigenvalue weighted by Gasteiger charge is -2.29. The molecule has 112 valence electrons. The molecule has 0 spiro atoms. The lowest BCUT2D eigenvalue weighted by atomic mass is 10.2. The summed E-state index contributed by atoms with van der Waals surface area (Å²) in [5.41, 5.74) is 6.54. The minimum Gasteiger partial charge on any atom is -0.392 e. The standard InChI is InChI=1S/C14H22N2O2S2/c1-4-13(14(15)19)20(17,18)16(11(2)3)10-12-8-6-5-7-9-12/h5-9,11,13H,4,10H2,1-3H3,(H2,15,19). The van der Waals surface area contributed by atoms with Gasteiger partial charge in [-0.2, -0.15) is 4.31 Å².